The van der Waals surface area contributed by atoms with Crippen LogP contribution in [0.3, 0.4) is 0 Å². The van der Waals surface area contributed by atoms with Gasteiger partial charge in [-0.3, -0.25) is 0 Å². The van der Waals surface area contributed by atoms with Crippen LogP contribution >= 0.6 is 0 Å². The van der Waals surface area contributed by atoms with Gasteiger partial charge in [-0.1, -0.05) is 6.42 Å². The summed E-state index contributed by atoms with van der Waals surface area (Å²) in [5.74, 6) is -1.91. The lowest BCUT2D eigenvalue weighted by Crippen LogP contribution is -2.20. The molecule has 1 aromatic rings. The third-order valence-corrected chi connectivity index (χ3v) is 3.18. The Morgan fingerprint density at radius 3 is 2.61 bits per heavy atom. The predicted octanol–water partition coefficient (Wildman–Crippen LogP) is 2.82. The molecule has 0 aliphatic heterocycles. The average molecular weight is 253 g/mol. The fourth-order valence-corrected chi connectivity index (χ4v) is 2.20. The van der Waals surface area contributed by atoms with E-state index in [1.165, 1.54) is 6.42 Å². The molecule has 1 aliphatic carbocycles. The Balaban J connectivity index is 2.18. The van der Waals surface area contributed by atoms with E-state index in [1.54, 1.807) is 0 Å². The molecule has 1 aliphatic rings. The molecule has 0 aromatic heterocycles. The molecule has 5 heteroatoms. The summed E-state index contributed by atoms with van der Waals surface area (Å²) in [7, 11) is 0. The lowest BCUT2D eigenvalue weighted by Gasteiger charge is -2.23. The largest absolute Gasteiger partial charge is 0.488 e. The number of aromatic carboxylic acids is 1. The van der Waals surface area contributed by atoms with Crippen LogP contribution in [-0.2, 0) is 0 Å². The molecule has 0 atom stereocenters. The number of nitrogen functional groups attached to an aromatic ring is 1. The molecule has 0 unspecified atom stereocenters. The Kier molecular flexibility index (Phi) is 3.69. The van der Waals surface area contributed by atoms with E-state index >= 15 is 0 Å². The third-order valence-electron chi connectivity index (χ3n) is 3.18. The molecule has 2 rings (SSSR count). The number of hydrogen-bond donors (Lipinski definition) is 2. The second kappa shape index (κ2) is 5.25. The van der Waals surface area contributed by atoms with Gasteiger partial charge < -0.3 is 15.6 Å². The molecular weight excluding hydrogens is 237 g/mol. The average Bonchev–Trinajstić information content (AvgIpc) is 2.34. The van der Waals surface area contributed by atoms with Crippen LogP contribution in [0.4, 0.5) is 10.1 Å². The maximum absolute atomic E-state index is 13.5. The molecule has 0 saturated heterocycles. The van der Waals surface area contributed by atoms with Gasteiger partial charge in [0.1, 0.15) is 11.6 Å². The van der Waals surface area contributed by atoms with Crippen molar-refractivity contribution in [2.75, 3.05) is 5.73 Å². The van der Waals surface area contributed by atoms with Gasteiger partial charge >= 0.3 is 5.97 Å². The topological polar surface area (TPSA) is 72.6 Å². The lowest BCUT2D eigenvalue weighted by atomic mass is 9.98. The standard InChI is InChI=1S/C13H16FNO3/c14-10-7-12(11(15)6-9(10)13(16)17)18-8-4-2-1-3-5-8/h6-8H,1-5,15H2,(H,16,17). The van der Waals surface area contributed by atoms with Crippen molar-refractivity contribution in [3.63, 3.8) is 0 Å². The van der Waals surface area contributed by atoms with Gasteiger partial charge in [-0.05, 0) is 31.7 Å². The minimum Gasteiger partial charge on any atom is -0.488 e. The molecule has 0 spiro atoms. The maximum atomic E-state index is 13.5. The third kappa shape index (κ3) is 2.72. The highest BCUT2D eigenvalue weighted by Crippen LogP contribution is 2.29. The SMILES string of the molecule is Nc1cc(C(=O)O)c(F)cc1OC1CCCCC1. The maximum Gasteiger partial charge on any atom is 0.338 e. The van der Waals surface area contributed by atoms with E-state index in [1.807, 2.05) is 0 Å². The van der Waals surface area contributed by atoms with E-state index in [9.17, 15) is 9.18 Å². The Hall–Kier alpha value is -1.78. The van der Waals surface area contributed by atoms with E-state index < -0.39 is 17.3 Å². The van der Waals surface area contributed by atoms with Gasteiger partial charge in [0, 0.05) is 6.07 Å². The number of anilines is 1. The molecule has 1 aromatic carbocycles. The fraction of sp³-hybridized carbons (Fsp3) is 0.462. The highest BCUT2D eigenvalue weighted by atomic mass is 19.1. The monoisotopic (exact) mass is 253 g/mol. The van der Waals surface area contributed by atoms with Crippen molar-refractivity contribution < 1.29 is 19.0 Å². The predicted molar refractivity (Wildman–Crippen MR) is 65.3 cm³/mol. The quantitative estimate of drug-likeness (QED) is 0.812. The Morgan fingerprint density at radius 1 is 1.33 bits per heavy atom. The molecule has 0 heterocycles. The Labute approximate surface area is 105 Å². The number of benzene rings is 1. The van der Waals surface area contributed by atoms with Crippen LogP contribution in [0.2, 0.25) is 0 Å². The van der Waals surface area contributed by atoms with Crippen LogP contribution in [0.25, 0.3) is 0 Å². The zero-order valence-electron chi connectivity index (χ0n) is 9.99. The van der Waals surface area contributed by atoms with Crippen LogP contribution in [-0.4, -0.2) is 17.2 Å². The second-order valence-electron chi connectivity index (χ2n) is 4.55. The van der Waals surface area contributed by atoms with Gasteiger partial charge in [-0.15, -0.1) is 0 Å². The fourth-order valence-electron chi connectivity index (χ4n) is 2.20. The van der Waals surface area contributed by atoms with Crippen LogP contribution in [0.5, 0.6) is 5.75 Å². The van der Waals surface area contributed by atoms with Crippen molar-refractivity contribution in [1.82, 2.24) is 0 Å². The summed E-state index contributed by atoms with van der Waals surface area (Å²) in [4.78, 5) is 10.7. The van der Waals surface area contributed by atoms with E-state index in [4.69, 9.17) is 15.6 Å². The number of rotatable bonds is 3. The number of nitrogens with two attached hydrogens (primary N) is 1. The molecule has 98 valence electrons. The van der Waals surface area contributed by atoms with Crippen LogP contribution in [0, 0.1) is 5.82 Å². The molecular formula is C13H16FNO3. The molecule has 0 amide bonds. The highest BCUT2D eigenvalue weighted by Gasteiger charge is 2.19. The number of hydrogen-bond acceptors (Lipinski definition) is 3. The van der Waals surface area contributed by atoms with Crippen molar-refractivity contribution >= 4 is 11.7 Å². The summed E-state index contributed by atoms with van der Waals surface area (Å²) in [6.07, 6.45) is 5.31. The van der Waals surface area contributed by atoms with Gasteiger partial charge in [0.05, 0.1) is 17.4 Å². The first-order chi connectivity index (χ1) is 8.58. The second-order valence-corrected chi connectivity index (χ2v) is 4.55. The number of carboxylic acids is 1. The van der Waals surface area contributed by atoms with Gasteiger partial charge in [0.25, 0.3) is 0 Å². The molecule has 4 nitrogen and oxygen atoms in total. The Morgan fingerprint density at radius 2 is 2.00 bits per heavy atom. The van der Waals surface area contributed by atoms with Crippen molar-refractivity contribution in [1.29, 1.82) is 0 Å². The molecule has 18 heavy (non-hydrogen) atoms. The molecule has 3 N–H and O–H groups in total. The zero-order valence-corrected chi connectivity index (χ0v) is 9.99. The number of carboxylic acid groups (broad SMARTS) is 1. The van der Waals surface area contributed by atoms with Crippen LogP contribution in [0.15, 0.2) is 12.1 Å². The van der Waals surface area contributed by atoms with Gasteiger partial charge in [-0.2, -0.15) is 0 Å². The summed E-state index contributed by atoms with van der Waals surface area (Å²) >= 11 is 0. The summed E-state index contributed by atoms with van der Waals surface area (Å²) < 4.78 is 19.2. The van der Waals surface area contributed by atoms with Crippen LogP contribution in [0.1, 0.15) is 42.5 Å². The van der Waals surface area contributed by atoms with Crippen LogP contribution < -0.4 is 10.5 Å². The molecule has 0 radical (unpaired) electrons. The molecule has 0 bridgehead atoms. The van der Waals surface area contributed by atoms with Crippen molar-refractivity contribution in [2.45, 2.75) is 38.2 Å². The number of ether oxygens (including phenoxy) is 1. The first-order valence-corrected chi connectivity index (χ1v) is 6.07. The Bertz CT molecular complexity index is 456. The van der Waals surface area contributed by atoms with E-state index in [0.717, 1.165) is 37.8 Å². The summed E-state index contributed by atoms with van der Waals surface area (Å²) in [6, 6.07) is 2.17. The molecule has 1 fully saturated rings. The van der Waals surface area contributed by atoms with E-state index in [2.05, 4.69) is 0 Å². The minimum absolute atomic E-state index is 0.0520. The van der Waals surface area contributed by atoms with Crippen molar-refractivity contribution in [3.05, 3.63) is 23.5 Å². The summed E-state index contributed by atoms with van der Waals surface area (Å²) in [5, 5.41) is 8.77. The summed E-state index contributed by atoms with van der Waals surface area (Å²) in [6.45, 7) is 0. The van der Waals surface area contributed by atoms with Gasteiger partial charge in [0.2, 0.25) is 0 Å². The molecule has 1 saturated carbocycles. The normalized spacial score (nSPS) is 16.5. The zero-order chi connectivity index (χ0) is 13.1. The number of carbonyl (C=O) groups is 1. The lowest BCUT2D eigenvalue weighted by molar-refractivity contribution is 0.0692. The number of halogens is 1. The minimum atomic E-state index is -1.33. The van der Waals surface area contributed by atoms with Crippen molar-refractivity contribution in [3.8, 4) is 5.75 Å². The summed E-state index contributed by atoms with van der Waals surface area (Å²) in [5.41, 5.74) is 5.43. The first kappa shape index (κ1) is 12.7. The highest BCUT2D eigenvalue weighted by molar-refractivity contribution is 5.89. The van der Waals surface area contributed by atoms with Gasteiger partial charge in [0.15, 0.2) is 0 Å². The van der Waals surface area contributed by atoms with E-state index in [-0.39, 0.29) is 17.5 Å². The smallest absolute Gasteiger partial charge is 0.338 e. The van der Waals surface area contributed by atoms with E-state index in [0.29, 0.717) is 0 Å². The van der Waals surface area contributed by atoms with Crippen molar-refractivity contribution in [2.24, 2.45) is 0 Å². The first-order valence-electron chi connectivity index (χ1n) is 6.07. The van der Waals surface area contributed by atoms with Gasteiger partial charge in [-0.25, -0.2) is 9.18 Å².